The van der Waals surface area contributed by atoms with Crippen LogP contribution in [0.5, 0.6) is 5.75 Å². The molecule has 0 aliphatic carbocycles. The SMILES string of the molecule is Cc1cc(-c2cc(N)c(C(N)=NC(=O)c3ccc(N4CCN(C)CC4)cc3)cc2Cc2cc(F)cc(F)c2)ccc1O. The second-order valence-corrected chi connectivity index (χ2v) is 10.7. The highest BCUT2D eigenvalue weighted by atomic mass is 19.1. The first-order valence-corrected chi connectivity index (χ1v) is 13.7. The molecule has 5 rings (SSSR count). The van der Waals surface area contributed by atoms with Crippen LogP contribution in [0.15, 0.2) is 77.8 Å². The van der Waals surface area contributed by atoms with Crippen molar-refractivity contribution in [2.45, 2.75) is 13.3 Å². The molecule has 1 fully saturated rings. The second kappa shape index (κ2) is 12.0. The van der Waals surface area contributed by atoms with E-state index in [9.17, 15) is 18.7 Å². The zero-order chi connectivity index (χ0) is 30.0. The van der Waals surface area contributed by atoms with Crippen LogP contribution in [0.3, 0.4) is 0 Å². The Morgan fingerprint density at radius 3 is 2.24 bits per heavy atom. The molecule has 1 aliphatic heterocycles. The standard InChI is InChI=1S/C33H33F2N5O2/c1-20-13-23(5-8-31(20)41)28-19-30(36)29(17-24(28)14-21-15-25(34)18-26(35)16-21)32(37)38-33(42)22-3-6-27(7-4-22)40-11-9-39(2)10-12-40/h3-8,13,15-19,41H,9-12,14,36H2,1-2H3,(H2,37,38,42). The number of piperazine rings is 1. The Balaban J connectivity index is 1.47. The fourth-order valence-electron chi connectivity index (χ4n) is 5.17. The van der Waals surface area contributed by atoms with Crippen LogP contribution in [0.1, 0.15) is 32.6 Å². The topological polar surface area (TPSA) is 108 Å². The van der Waals surface area contributed by atoms with Gasteiger partial charge in [-0.2, -0.15) is 4.99 Å². The second-order valence-electron chi connectivity index (χ2n) is 10.7. The molecular weight excluding hydrogens is 536 g/mol. The number of nitrogens with zero attached hydrogens (tertiary/aromatic N) is 3. The predicted octanol–water partition coefficient (Wildman–Crippen LogP) is 5.12. The quantitative estimate of drug-likeness (QED) is 0.169. The summed E-state index contributed by atoms with van der Waals surface area (Å²) in [6.07, 6.45) is 0.159. The maximum Gasteiger partial charge on any atom is 0.278 e. The Morgan fingerprint density at radius 1 is 0.929 bits per heavy atom. The van der Waals surface area contributed by atoms with E-state index in [-0.39, 0.29) is 23.7 Å². The van der Waals surface area contributed by atoms with Crippen molar-refractivity contribution in [3.8, 4) is 16.9 Å². The van der Waals surface area contributed by atoms with Gasteiger partial charge in [0.1, 0.15) is 23.2 Å². The van der Waals surface area contributed by atoms with Gasteiger partial charge in [-0.3, -0.25) is 4.79 Å². The van der Waals surface area contributed by atoms with Crippen LogP contribution in [0, 0.1) is 18.6 Å². The van der Waals surface area contributed by atoms with Crippen LogP contribution >= 0.6 is 0 Å². The molecule has 9 heteroatoms. The molecule has 0 saturated carbocycles. The van der Waals surface area contributed by atoms with Gasteiger partial charge in [0.05, 0.1) is 0 Å². The highest BCUT2D eigenvalue weighted by Gasteiger charge is 2.17. The Hall–Kier alpha value is -4.76. The number of carbonyl (C=O) groups is 1. The van der Waals surface area contributed by atoms with Gasteiger partial charge in [0, 0.05) is 54.7 Å². The monoisotopic (exact) mass is 569 g/mol. The summed E-state index contributed by atoms with van der Waals surface area (Å²) in [4.78, 5) is 21.7. The first-order chi connectivity index (χ1) is 20.1. The number of hydrogen-bond donors (Lipinski definition) is 3. The smallest absolute Gasteiger partial charge is 0.278 e. The highest BCUT2D eigenvalue weighted by molar-refractivity contribution is 6.11. The van der Waals surface area contributed by atoms with Gasteiger partial charge in [0.25, 0.3) is 5.91 Å². The van der Waals surface area contributed by atoms with E-state index in [2.05, 4.69) is 21.8 Å². The lowest BCUT2D eigenvalue weighted by molar-refractivity contribution is 0.100. The summed E-state index contributed by atoms with van der Waals surface area (Å²) in [6.45, 7) is 5.55. The lowest BCUT2D eigenvalue weighted by atomic mass is 9.91. The summed E-state index contributed by atoms with van der Waals surface area (Å²) in [5.41, 5.74) is 18.0. The van der Waals surface area contributed by atoms with E-state index in [1.165, 1.54) is 12.1 Å². The summed E-state index contributed by atoms with van der Waals surface area (Å²) >= 11 is 0. The first-order valence-electron chi connectivity index (χ1n) is 13.7. The number of amides is 1. The van der Waals surface area contributed by atoms with Crippen molar-refractivity contribution in [1.29, 1.82) is 0 Å². The molecule has 0 aromatic heterocycles. The number of nitrogen functional groups attached to an aromatic ring is 1. The van der Waals surface area contributed by atoms with Gasteiger partial charge in [-0.25, -0.2) is 8.78 Å². The minimum absolute atomic E-state index is 0.0687. The van der Waals surface area contributed by atoms with Crippen molar-refractivity contribution < 1.29 is 18.7 Å². The van der Waals surface area contributed by atoms with E-state index in [1.54, 1.807) is 49.4 Å². The fraction of sp³-hybridized carbons (Fsp3) is 0.212. The normalized spacial score (nSPS) is 14.3. The molecule has 0 atom stereocenters. The van der Waals surface area contributed by atoms with Crippen LogP contribution in [0.25, 0.3) is 11.1 Å². The lowest BCUT2D eigenvalue weighted by Gasteiger charge is -2.34. The van der Waals surface area contributed by atoms with Crippen molar-refractivity contribution in [2.24, 2.45) is 10.7 Å². The third kappa shape index (κ3) is 6.42. The summed E-state index contributed by atoms with van der Waals surface area (Å²) < 4.78 is 28.0. The number of likely N-dealkylation sites (N-methyl/N-ethyl adjacent to an activating group) is 1. The third-order valence-corrected chi connectivity index (χ3v) is 7.58. The number of rotatable bonds is 6. The van der Waals surface area contributed by atoms with Gasteiger partial charge < -0.3 is 26.4 Å². The number of hydrogen-bond acceptors (Lipinski definition) is 5. The third-order valence-electron chi connectivity index (χ3n) is 7.58. The number of halogens is 2. The number of anilines is 2. The molecule has 0 spiro atoms. The molecule has 216 valence electrons. The Kier molecular flexibility index (Phi) is 8.22. The summed E-state index contributed by atoms with van der Waals surface area (Å²) in [7, 11) is 2.10. The number of nitrogens with two attached hydrogens (primary N) is 2. The molecule has 42 heavy (non-hydrogen) atoms. The van der Waals surface area contributed by atoms with Crippen LogP contribution < -0.4 is 16.4 Å². The molecule has 5 N–H and O–H groups in total. The summed E-state index contributed by atoms with van der Waals surface area (Å²) in [5, 5.41) is 10.0. The highest BCUT2D eigenvalue weighted by Crippen LogP contribution is 2.33. The van der Waals surface area contributed by atoms with Crippen molar-refractivity contribution in [3.63, 3.8) is 0 Å². The number of aromatic hydroxyl groups is 1. The summed E-state index contributed by atoms with van der Waals surface area (Å²) in [6, 6.07) is 19.1. The van der Waals surface area contributed by atoms with Crippen molar-refractivity contribution in [1.82, 2.24) is 4.90 Å². The minimum atomic E-state index is -0.687. The number of amidine groups is 1. The molecule has 1 saturated heterocycles. The molecule has 1 aliphatic rings. The maximum absolute atomic E-state index is 14.0. The van der Waals surface area contributed by atoms with Crippen LogP contribution in [-0.2, 0) is 6.42 Å². The Bertz CT molecular complexity index is 1640. The molecule has 0 unspecified atom stereocenters. The fourth-order valence-corrected chi connectivity index (χ4v) is 5.17. The van der Waals surface area contributed by atoms with Gasteiger partial charge >= 0.3 is 0 Å². The number of aryl methyl sites for hydroxylation is 1. The molecule has 0 bridgehead atoms. The van der Waals surface area contributed by atoms with E-state index < -0.39 is 17.5 Å². The van der Waals surface area contributed by atoms with E-state index in [0.29, 0.717) is 33.4 Å². The molecule has 4 aromatic carbocycles. The van der Waals surface area contributed by atoms with Crippen molar-refractivity contribution in [2.75, 3.05) is 43.9 Å². The predicted molar refractivity (Wildman–Crippen MR) is 163 cm³/mol. The van der Waals surface area contributed by atoms with Gasteiger partial charge in [-0.15, -0.1) is 0 Å². The number of carbonyl (C=O) groups excluding carboxylic acids is 1. The van der Waals surface area contributed by atoms with Gasteiger partial charge in [0.2, 0.25) is 0 Å². The Morgan fingerprint density at radius 2 is 1.60 bits per heavy atom. The largest absolute Gasteiger partial charge is 0.508 e. The van der Waals surface area contributed by atoms with E-state index in [0.717, 1.165) is 43.5 Å². The average Bonchev–Trinajstić information content (AvgIpc) is 2.95. The van der Waals surface area contributed by atoms with Crippen molar-refractivity contribution in [3.05, 3.63) is 112 Å². The minimum Gasteiger partial charge on any atom is -0.508 e. The molecule has 7 nitrogen and oxygen atoms in total. The van der Waals surface area contributed by atoms with Crippen LogP contribution in [0.4, 0.5) is 20.2 Å². The molecule has 0 radical (unpaired) electrons. The Labute approximate surface area is 243 Å². The van der Waals surface area contributed by atoms with Gasteiger partial charge in [-0.1, -0.05) is 6.07 Å². The zero-order valence-corrected chi connectivity index (χ0v) is 23.6. The van der Waals surface area contributed by atoms with Crippen LogP contribution in [-0.4, -0.2) is 55.0 Å². The maximum atomic E-state index is 14.0. The molecular formula is C33H33F2N5O2. The first kappa shape index (κ1) is 28.8. The van der Waals surface area contributed by atoms with E-state index in [4.69, 9.17) is 11.5 Å². The summed E-state index contributed by atoms with van der Waals surface area (Å²) in [5.74, 6) is -1.81. The van der Waals surface area contributed by atoms with Crippen molar-refractivity contribution >= 4 is 23.1 Å². The number of phenols is 1. The van der Waals surface area contributed by atoms with Gasteiger partial charge in [-0.05, 0) is 109 Å². The van der Waals surface area contributed by atoms with Gasteiger partial charge in [0.15, 0.2) is 0 Å². The zero-order valence-electron chi connectivity index (χ0n) is 23.6. The average molecular weight is 570 g/mol. The molecule has 4 aromatic rings. The molecule has 1 heterocycles. The number of aliphatic imine (C=N–C) groups is 1. The number of benzene rings is 4. The lowest BCUT2D eigenvalue weighted by Crippen LogP contribution is -2.44. The van der Waals surface area contributed by atoms with E-state index >= 15 is 0 Å². The number of phenolic OH excluding ortho intramolecular Hbond substituents is 1. The molecule has 1 amide bonds. The van der Waals surface area contributed by atoms with Crippen LogP contribution in [0.2, 0.25) is 0 Å². The van der Waals surface area contributed by atoms with E-state index in [1.807, 2.05) is 12.1 Å².